The van der Waals surface area contributed by atoms with Gasteiger partial charge in [-0.2, -0.15) is 0 Å². The fourth-order valence-electron chi connectivity index (χ4n) is 3.08. The van der Waals surface area contributed by atoms with Gasteiger partial charge < -0.3 is 13.8 Å². The minimum Gasteiger partial charge on any atom is -0.488 e. The lowest BCUT2D eigenvalue weighted by atomic mass is 10.2. The van der Waals surface area contributed by atoms with Crippen LogP contribution in [0.15, 0.2) is 47.2 Å². The van der Waals surface area contributed by atoms with Crippen molar-refractivity contribution in [2.75, 3.05) is 20.1 Å². The molecular weight excluding hydrogens is 340 g/mol. The van der Waals surface area contributed by atoms with E-state index in [2.05, 4.69) is 45.4 Å². The second-order valence-electron chi connectivity index (χ2n) is 6.74. The maximum absolute atomic E-state index is 5.88. The third-order valence-electron chi connectivity index (χ3n) is 4.53. The molecule has 138 valence electrons. The second kappa shape index (κ2) is 7.68. The third kappa shape index (κ3) is 4.21. The Morgan fingerprint density at radius 3 is 2.78 bits per heavy atom. The lowest BCUT2D eigenvalue weighted by molar-refractivity contribution is 0.0388. The summed E-state index contributed by atoms with van der Waals surface area (Å²) in [5.41, 5.74) is 1.75. The summed E-state index contributed by atoms with van der Waals surface area (Å²) in [6.45, 7) is 4.68. The number of benzene rings is 1. The second-order valence-corrected chi connectivity index (χ2v) is 6.74. The summed E-state index contributed by atoms with van der Waals surface area (Å²) in [4.78, 5) is 6.54. The number of hydrogen-bond donors (Lipinski definition) is 0. The van der Waals surface area contributed by atoms with E-state index in [1.165, 1.54) is 0 Å². The highest BCUT2D eigenvalue weighted by Gasteiger charge is 2.24. The Balaban J connectivity index is 1.37. The average molecular weight is 362 g/mol. The zero-order chi connectivity index (χ0) is 18.6. The molecule has 0 spiro atoms. The van der Waals surface area contributed by atoms with E-state index >= 15 is 0 Å². The Bertz CT molecular complexity index is 956. The number of hydrogen-bond acceptors (Lipinski definition) is 5. The van der Waals surface area contributed by atoms with Gasteiger partial charge in [-0.15, -0.1) is 0 Å². The maximum Gasteiger partial charge on any atom is 0.210 e. The first-order chi connectivity index (χ1) is 13.2. The van der Waals surface area contributed by atoms with Gasteiger partial charge in [0.25, 0.3) is 0 Å². The molecule has 1 aliphatic heterocycles. The van der Waals surface area contributed by atoms with Crippen LogP contribution in [0.5, 0.6) is 5.75 Å². The van der Waals surface area contributed by atoms with Gasteiger partial charge in [-0.3, -0.25) is 4.90 Å². The molecular formula is C21H22N4O2. The maximum atomic E-state index is 5.88. The van der Waals surface area contributed by atoms with E-state index in [1.807, 2.05) is 36.5 Å². The number of ether oxygens (including phenoxy) is 1. The van der Waals surface area contributed by atoms with Gasteiger partial charge in [0.2, 0.25) is 5.76 Å². The van der Waals surface area contributed by atoms with Crippen LogP contribution in [0.2, 0.25) is 0 Å². The fraction of sp³-hybridized carbons (Fsp3) is 0.333. The first-order valence-electron chi connectivity index (χ1n) is 9.12. The number of likely N-dealkylation sites (tertiary alicyclic amines) is 1. The summed E-state index contributed by atoms with van der Waals surface area (Å²) in [5, 5.41) is 4.10. The molecule has 0 bridgehead atoms. The molecule has 1 saturated heterocycles. The summed E-state index contributed by atoms with van der Waals surface area (Å²) in [6, 6.07) is 9.71. The van der Waals surface area contributed by atoms with Crippen LogP contribution in [0.25, 0.3) is 0 Å². The highest BCUT2D eigenvalue weighted by atomic mass is 16.5. The number of likely N-dealkylation sites (N-methyl/N-ethyl adjacent to an activating group) is 1. The molecule has 6 heteroatoms. The van der Waals surface area contributed by atoms with Crippen molar-refractivity contribution in [2.24, 2.45) is 0 Å². The van der Waals surface area contributed by atoms with Crippen molar-refractivity contribution in [3.05, 3.63) is 65.6 Å². The summed E-state index contributed by atoms with van der Waals surface area (Å²) < 4.78 is 13.3. The molecule has 1 fully saturated rings. The Kier molecular flexibility index (Phi) is 4.95. The number of imidazole rings is 1. The van der Waals surface area contributed by atoms with E-state index in [0.717, 1.165) is 42.3 Å². The van der Waals surface area contributed by atoms with Crippen LogP contribution in [0.3, 0.4) is 0 Å². The highest BCUT2D eigenvalue weighted by molar-refractivity contribution is 5.41. The van der Waals surface area contributed by atoms with Crippen LogP contribution in [0.4, 0.5) is 0 Å². The van der Waals surface area contributed by atoms with Gasteiger partial charge in [0.1, 0.15) is 23.4 Å². The SMILES string of the molecule is CCc1nccn1Cc1cc(C#Cc2ccc(OC3CN(C)C3)cc2)on1. The molecule has 1 aliphatic rings. The van der Waals surface area contributed by atoms with Crippen LogP contribution in [0.1, 0.15) is 29.8 Å². The fourth-order valence-corrected chi connectivity index (χ4v) is 3.08. The van der Waals surface area contributed by atoms with Crippen LogP contribution < -0.4 is 4.74 Å². The predicted molar refractivity (Wildman–Crippen MR) is 102 cm³/mol. The van der Waals surface area contributed by atoms with Gasteiger partial charge in [0.15, 0.2) is 0 Å². The third-order valence-corrected chi connectivity index (χ3v) is 4.53. The van der Waals surface area contributed by atoms with Crippen LogP contribution >= 0.6 is 0 Å². The van der Waals surface area contributed by atoms with Gasteiger partial charge in [-0.25, -0.2) is 4.98 Å². The summed E-state index contributed by atoms with van der Waals surface area (Å²) in [5.74, 6) is 8.60. The monoisotopic (exact) mass is 362 g/mol. The Labute approximate surface area is 158 Å². The van der Waals surface area contributed by atoms with E-state index in [1.54, 1.807) is 6.20 Å². The molecule has 0 aliphatic carbocycles. The molecule has 3 aromatic rings. The molecule has 1 aromatic carbocycles. The van der Waals surface area contributed by atoms with Crippen LogP contribution in [-0.2, 0) is 13.0 Å². The van der Waals surface area contributed by atoms with E-state index in [0.29, 0.717) is 18.4 Å². The Morgan fingerprint density at radius 2 is 2.04 bits per heavy atom. The van der Waals surface area contributed by atoms with Crippen molar-refractivity contribution in [3.8, 4) is 17.6 Å². The number of aryl methyl sites for hydroxylation is 1. The molecule has 27 heavy (non-hydrogen) atoms. The molecule has 0 radical (unpaired) electrons. The average Bonchev–Trinajstić information content (AvgIpc) is 3.29. The van der Waals surface area contributed by atoms with Crippen molar-refractivity contribution in [1.82, 2.24) is 19.6 Å². The van der Waals surface area contributed by atoms with Gasteiger partial charge in [0.05, 0.1) is 6.54 Å². The van der Waals surface area contributed by atoms with Crippen molar-refractivity contribution in [3.63, 3.8) is 0 Å². The Morgan fingerprint density at radius 1 is 1.22 bits per heavy atom. The molecule has 6 nitrogen and oxygen atoms in total. The van der Waals surface area contributed by atoms with Crippen LogP contribution in [-0.4, -0.2) is 45.8 Å². The molecule has 0 unspecified atom stereocenters. The lowest BCUT2D eigenvalue weighted by Crippen LogP contribution is -2.51. The standard InChI is InChI=1S/C21H22N4O2/c1-3-21-22-10-11-25(21)13-17-12-19(27-23-17)9-6-16-4-7-18(8-5-16)26-20-14-24(2)15-20/h4-5,7-8,10-12,20H,3,13-15H2,1-2H3. The molecule has 0 amide bonds. The van der Waals surface area contributed by atoms with Crippen molar-refractivity contribution in [2.45, 2.75) is 26.0 Å². The lowest BCUT2D eigenvalue weighted by Gasteiger charge is -2.35. The molecule has 0 N–H and O–H groups in total. The molecule has 2 aromatic heterocycles. The van der Waals surface area contributed by atoms with E-state index in [9.17, 15) is 0 Å². The predicted octanol–water partition coefficient (Wildman–Crippen LogP) is 2.57. The van der Waals surface area contributed by atoms with E-state index < -0.39 is 0 Å². The van der Waals surface area contributed by atoms with Gasteiger partial charge in [-0.05, 0) is 37.2 Å². The zero-order valence-corrected chi connectivity index (χ0v) is 15.6. The molecule has 3 heterocycles. The van der Waals surface area contributed by atoms with Gasteiger partial charge in [-0.1, -0.05) is 18.0 Å². The topological polar surface area (TPSA) is 56.3 Å². The number of rotatable bonds is 5. The van der Waals surface area contributed by atoms with Crippen molar-refractivity contribution in [1.29, 1.82) is 0 Å². The number of aromatic nitrogens is 3. The first kappa shape index (κ1) is 17.4. The summed E-state index contributed by atoms with van der Waals surface area (Å²) >= 11 is 0. The highest BCUT2D eigenvalue weighted by Crippen LogP contribution is 2.17. The van der Waals surface area contributed by atoms with Gasteiger partial charge in [0, 0.05) is 43.5 Å². The van der Waals surface area contributed by atoms with Gasteiger partial charge >= 0.3 is 0 Å². The first-order valence-corrected chi connectivity index (χ1v) is 9.12. The van der Waals surface area contributed by atoms with Crippen LogP contribution in [0, 0.1) is 11.8 Å². The molecule has 4 rings (SSSR count). The zero-order valence-electron chi connectivity index (χ0n) is 15.6. The Hall–Kier alpha value is -3.04. The molecule has 0 atom stereocenters. The smallest absolute Gasteiger partial charge is 0.210 e. The van der Waals surface area contributed by atoms with Crippen molar-refractivity contribution < 1.29 is 9.26 Å². The minimum atomic E-state index is 0.295. The van der Waals surface area contributed by atoms with E-state index in [-0.39, 0.29) is 0 Å². The summed E-state index contributed by atoms with van der Waals surface area (Å²) in [7, 11) is 2.09. The minimum absolute atomic E-state index is 0.295. The normalized spacial score (nSPS) is 14.4. The largest absolute Gasteiger partial charge is 0.488 e. The van der Waals surface area contributed by atoms with Crippen molar-refractivity contribution >= 4 is 0 Å². The summed E-state index contributed by atoms with van der Waals surface area (Å²) in [6.07, 6.45) is 4.93. The van der Waals surface area contributed by atoms with E-state index in [4.69, 9.17) is 9.26 Å². The number of nitrogens with zero attached hydrogens (tertiary/aromatic N) is 4. The molecule has 0 saturated carbocycles. The quantitative estimate of drug-likeness (QED) is 0.653.